The molecule has 0 atom stereocenters. The molecule has 1 saturated carbocycles. The van der Waals surface area contributed by atoms with E-state index in [0.717, 1.165) is 24.0 Å². The standard InChI is InChI=1S/C26H24N2O4/c29-24-11-16(5-7-20(24)19-9-10-32-15-19)13-27-14-23-22-12-18(17-3-1-2-4-17)6-8-21(22)25(30)28-26(23)31/h5-12,14-15,17,27,29H,1-4,13H2,(H,28,30,31). The van der Waals surface area contributed by atoms with Gasteiger partial charge in [0, 0.05) is 35.0 Å². The van der Waals surface area contributed by atoms with Gasteiger partial charge in [-0.25, -0.2) is 0 Å². The molecule has 1 aliphatic carbocycles. The third kappa shape index (κ3) is 3.80. The molecule has 0 unspecified atom stereocenters. The lowest BCUT2D eigenvalue weighted by Gasteiger charge is -2.21. The van der Waals surface area contributed by atoms with Crippen LogP contribution in [0.25, 0.3) is 16.7 Å². The molecule has 32 heavy (non-hydrogen) atoms. The van der Waals surface area contributed by atoms with Crippen molar-refractivity contribution < 1.29 is 19.1 Å². The van der Waals surface area contributed by atoms with Crippen LogP contribution in [0.2, 0.25) is 0 Å². The Kier molecular flexibility index (Phi) is 5.27. The number of amides is 2. The number of fused-ring (bicyclic) bond motifs is 1. The number of phenolic OH excluding ortho intramolecular Hbond substituents is 1. The fraction of sp³-hybridized carbons (Fsp3) is 0.231. The van der Waals surface area contributed by atoms with Gasteiger partial charge in [-0.15, -0.1) is 0 Å². The van der Waals surface area contributed by atoms with Crippen LogP contribution in [-0.2, 0) is 11.3 Å². The first-order valence-electron chi connectivity index (χ1n) is 10.9. The lowest BCUT2D eigenvalue weighted by molar-refractivity contribution is -0.114. The minimum atomic E-state index is -0.406. The first kappa shape index (κ1) is 20.1. The molecule has 2 aliphatic rings. The van der Waals surface area contributed by atoms with Crippen molar-refractivity contribution in [1.29, 1.82) is 0 Å². The molecule has 1 aromatic heterocycles. The third-order valence-corrected chi connectivity index (χ3v) is 6.32. The van der Waals surface area contributed by atoms with Crippen molar-refractivity contribution in [2.75, 3.05) is 0 Å². The molecule has 0 bridgehead atoms. The summed E-state index contributed by atoms with van der Waals surface area (Å²) in [5.41, 5.74) is 5.18. The normalized spacial score (nSPS) is 17.4. The van der Waals surface area contributed by atoms with Gasteiger partial charge in [-0.05, 0) is 54.2 Å². The highest BCUT2D eigenvalue weighted by Crippen LogP contribution is 2.36. The molecule has 2 amide bonds. The van der Waals surface area contributed by atoms with Gasteiger partial charge in [0.2, 0.25) is 0 Å². The van der Waals surface area contributed by atoms with Gasteiger partial charge in [-0.3, -0.25) is 14.9 Å². The van der Waals surface area contributed by atoms with Gasteiger partial charge in [0.15, 0.2) is 0 Å². The molecule has 5 rings (SSSR count). The van der Waals surface area contributed by atoms with Crippen LogP contribution in [0.1, 0.15) is 58.6 Å². The fourth-order valence-electron chi connectivity index (χ4n) is 4.62. The van der Waals surface area contributed by atoms with E-state index in [1.807, 2.05) is 30.3 Å². The second-order valence-electron chi connectivity index (χ2n) is 8.37. The SMILES string of the molecule is O=C1NC(=O)c2ccc(C3CCCC3)cc2C1=CNCc1ccc(-c2ccoc2)c(O)c1. The van der Waals surface area contributed by atoms with Crippen LogP contribution in [0.5, 0.6) is 5.75 Å². The third-order valence-electron chi connectivity index (χ3n) is 6.32. The Labute approximate surface area is 186 Å². The van der Waals surface area contributed by atoms with Gasteiger partial charge >= 0.3 is 0 Å². The zero-order chi connectivity index (χ0) is 22.1. The number of hydrogen-bond acceptors (Lipinski definition) is 5. The highest BCUT2D eigenvalue weighted by Gasteiger charge is 2.28. The summed E-state index contributed by atoms with van der Waals surface area (Å²) >= 11 is 0. The zero-order valence-corrected chi connectivity index (χ0v) is 17.6. The number of rotatable bonds is 5. The molecule has 2 heterocycles. The minimum absolute atomic E-state index is 0.158. The van der Waals surface area contributed by atoms with Gasteiger partial charge in [0.1, 0.15) is 5.75 Å². The maximum absolute atomic E-state index is 12.6. The van der Waals surface area contributed by atoms with E-state index in [9.17, 15) is 14.7 Å². The van der Waals surface area contributed by atoms with E-state index < -0.39 is 5.91 Å². The van der Waals surface area contributed by atoms with Crippen molar-refractivity contribution in [1.82, 2.24) is 10.6 Å². The number of imide groups is 1. The molecule has 162 valence electrons. The lowest BCUT2D eigenvalue weighted by atomic mass is 9.89. The van der Waals surface area contributed by atoms with E-state index >= 15 is 0 Å². The van der Waals surface area contributed by atoms with E-state index in [-0.39, 0.29) is 11.7 Å². The van der Waals surface area contributed by atoms with E-state index in [4.69, 9.17) is 4.42 Å². The average Bonchev–Trinajstić information content (AvgIpc) is 3.50. The number of phenols is 1. The van der Waals surface area contributed by atoms with Crippen LogP contribution in [-0.4, -0.2) is 16.9 Å². The van der Waals surface area contributed by atoms with Crippen LogP contribution in [0.15, 0.2) is 65.6 Å². The highest BCUT2D eigenvalue weighted by molar-refractivity contribution is 6.31. The summed E-state index contributed by atoms with van der Waals surface area (Å²) < 4.78 is 5.08. The second-order valence-corrected chi connectivity index (χ2v) is 8.37. The summed E-state index contributed by atoms with van der Waals surface area (Å²) in [6.45, 7) is 0.418. The first-order valence-corrected chi connectivity index (χ1v) is 10.9. The Balaban J connectivity index is 1.37. The molecule has 3 aromatic rings. The average molecular weight is 428 g/mol. The van der Waals surface area contributed by atoms with Crippen LogP contribution in [0.3, 0.4) is 0 Å². The molecule has 0 saturated heterocycles. The summed E-state index contributed by atoms with van der Waals surface area (Å²) in [5, 5.41) is 15.9. The van der Waals surface area contributed by atoms with Crippen molar-refractivity contribution in [3.05, 3.63) is 83.4 Å². The highest BCUT2D eigenvalue weighted by atomic mass is 16.3. The number of benzene rings is 2. The van der Waals surface area contributed by atoms with E-state index in [1.165, 1.54) is 18.4 Å². The summed E-state index contributed by atoms with van der Waals surface area (Å²) in [7, 11) is 0. The molecule has 0 radical (unpaired) electrons. The van der Waals surface area contributed by atoms with Crippen molar-refractivity contribution >= 4 is 17.4 Å². The number of carbonyl (C=O) groups is 2. The van der Waals surface area contributed by atoms with Crippen molar-refractivity contribution in [3.63, 3.8) is 0 Å². The molecular weight excluding hydrogens is 404 g/mol. The van der Waals surface area contributed by atoms with E-state index in [2.05, 4.69) is 10.6 Å². The Hall–Kier alpha value is -3.80. The van der Waals surface area contributed by atoms with Gasteiger partial charge in [0.25, 0.3) is 11.8 Å². The predicted octanol–water partition coefficient (Wildman–Crippen LogP) is 4.71. The smallest absolute Gasteiger partial charge is 0.260 e. The zero-order valence-electron chi connectivity index (χ0n) is 17.6. The topological polar surface area (TPSA) is 91.6 Å². The van der Waals surface area contributed by atoms with Crippen molar-refractivity contribution in [2.24, 2.45) is 0 Å². The monoisotopic (exact) mass is 428 g/mol. The van der Waals surface area contributed by atoms with Gasteiger partial charge < -0.3 is 14.8 Å². The fourth-order valence-corrected chi connectivity index (χ4v) is 4.62. The summed E-state index contributed by atoms with van der Waals surface area (Å²) in [5.74, 6) is -0.117. The number of carbonyl (C=O) groups excluding carboxylic acids is 2. The number of hydrogen-bond donors (Lipinski definition) is 3. The quantitative estimate of drug-likeness (QED) is 0.404. The molecule has 6 nitrogen and oxygen atoms in total. The second kappa shape index (κ2) is 8.38. The number of nitrogens with one attached hydrogen (secondary N) is 2. The van der Waals surface area contributed by atoms with Crippen LogP contribution < -0.4 is 10.6 Å². The van der Waals surface area contributed by atoms with Crippen molar-refractivity contribution in [2.45, 2.75) is 38.1 Å². The minimum Gasteiger partial charge on any atom is -0.507 e. The Bertz CT molecular complexity index is 1200. The largest absolute Gasteiger partial charge is 0.507 e. The predicted molar refractivity (Wildman–Crippen MR) is 121 cm³/mol. The number of furan rings is 1. The molecule has 6 heteroatoms. The van der Waals surface area contributed by atoms with E-state index in [1.54, 1.807) is 30.9 Å². The van der Waals surface area contributed by atoms with Crippen molar-refractivity contribution in [3.8, 4) is 16.9 Å². The first-order chi connectivity index (χ1) is 15.6. The summed E-state index contributed by atoms with van der Waals surface area (Å²) in [4.78, 5) is 24.9. The maximum Gasteiger partial charge on any atom is 0.260 e. The Morgan fingerprint density at radius 2 is 1.81 bits per heavy atom. The molecule has 0 spiro atoms. The van der Waals surface area contributed by atoms with Gasteiger partial charge in [-0.1, -0.05) is 31.0 Å². The van der Waals surface area contributed by atoms with Crippen LogP contribution in [0, 0.1) is 0 Å². The summed E-state index contributed by atoms with van der Waals surface area (Å²) in [6, 6.07) is 13.1. The Morgan fingerprint density at radius 1 is 1.00 bits per heavy atom. The Morgan fingerprint density at radius 3 is 2.56 bits per heavy atom. The molecule has 2 aromatic carbocycles. The molecule has 1 fully saturated rings. The van der Waals surface area contributed by atoms with E-state index in [0.29, 0.717) is 34.7 Å². The van der Waals surface area contributed by atoms with Crippen LogP contribution in [0.4, 0.5) is 0 Å². The molecule has 3 N–H and O–H groups in total. The number of aromatic hydroxyl groups is 1. The van der Waals surface area contributed by atoms with Gasteiger partial charge in [0.05, 0.1) is 18.1 Å². The summed E-state index contributed by atoms with van der Waals surface area (Å²) in [6.07, 6.45) is 9.53. The maximum atomic E-state index is 12.6. The molecule has 1 aliphatic heterocycles. The van der Waals surface area contributed by atoms with Gasteiger partial charge in [-0.2, -0.15) is 0 Å². The molecular formula is C26H24N2O4. The lowest BCUT2D eigenvalue weighted by Crippen LogP contribution is -2.37. The van der Waals surface area contributed by atoms with Crippen LogP contribution >= 0.6 is 0 Å².